The van der Waals surface area contributed by atoms with Gasteiger partial charge in [-0.15, -0.1) is 6.58 Å². The zero-order valence-electron chi connectivity index (χ0n) is 22.1. The Labute approximate surface area is 234 Å². The maximum Gasteiger partial charge on any atom is 0.337 e. The number of methoxy groups -OCH3 is 1. The molecule has 9 atom stereocenters. The number of carbonyl (C=O) groups is 2. The fraction of sp³-hybridized carbons (Fsp3) is 0.464. The highest BCUT2D eigenvalue weighted by Gasteiger charge is 2.48. The lowest BCUT2D eigenvalue weighted by atomic mass is 9.79. The molecule has 0 amide bonds. The zero-order chi connectivity index (χ0) is 29.4. The van der Waals surface area contributed by atoms with Crippen LogP contribution in [-0.4, -0.2) is 105 Å². The van der Waals surface area contributed by atoms with Crippen molar-refractivity contribution in [1.82, 2.24) is 4.98 Å². The molecule has 0 unspecified atom stereocenters. The lowest BCUT2D eigenvalue weighted by molar-refractivity contribution is -0.339. The van der Waals surface area contributed by atoms with E-state index >= 15 is 0 Å². The molecule has 1 saturated heterocycles. The average Bonchev–Trinajstić information content (AvgIpc) is 3.36. The van der Waals surface area contributed by atoms with E-state index in [9.17, 15) is 35.1 Å². The van der Waals surface area contributed by atoms with Gasteiger partial charge in [0.2, 0.25) is 6.29 Å². The minimum absolute atomic E-state index is 0.0686. The first-order chi connectivity index (χ1) is 19.7. The van der Waals surface area contributed by atoms with Gasteiger partial charge in [0, 0.05) is 29.2 Å². The molecule has 3 aliphatic rings. The number of carboxylic acids is 1. The van der Waals surface area contributed by atoms with Crippen molar-refractivity contribution >= 4 is 28.6 Å². The van der Waals surface area contributed by atoms with E-state index in [-0.39, 0.29) is 18.4 Å². The summed E-state index contributed by atoms with van der Waals surface area (Å²) >= 11 is 0. The van der Waals surface area contributed by atoms with Crippen LogP contribution in [0.4, 0.5) is 0 Å². The second kappa shape index (κ2) is 11.7. The number of benzene rings is 1. The largest absolute Gasteiger partial charge is 0.480 e. The van der Waals surface area contributed by atoms with Crippen molar-refractivity contribution < 1.29 is 54.1 Å². The topological polar surface area (TPSA) is 200 Å². The van der Waals surface area contributed by atoms with Gasteiger partial charge in [-0.3, -0.25) is 4.99 Å². The third kappa shape index (κ3) is 5.27. The quantitative estimate of drug-likeness (QED) is 0.184. The van der Waals surface area contributed by atoms with Crippen molar-refractivity contribution in [2.45, 2.75) is 55.9 Å². The number of hydrogen-bond acceptors (Lipinski definition) is 11. The van der Waals surface area contributed by atoms with Crippen molar-refractivity contribution in [3.05, 3.63) is 60.0 Å². The van der Waals surface area contributed by atoms with Gasteiger partial charge in [-0.1, -0.05) is 24.3 Å². The number of rotatable bonds is 8. The molecule has 41 heavy (non-hydrogen) atoms. The number of aliphatic imine (C=N–C) groups is 1. The molecule has 0 radical (unpaired) electrons. The van der Waals surface area contributed by atoms with E-state index in [4.69, 9.17) is 18.9 Å². The number of nitrogens with zero attached hydrogens (tertiary/aromatic N) is 1. The third-order valence-electron chi connectivity index (χ3n) is 7.83. The average molecular weight is 573 g/mol. The number of fused-ring (bicyclic) bond motifs is 3. The van der Waals surface area contributed by atoms with Crippen LogP contribution in [0.25, 0.3) is 10.9 Å². The Morgan fingerprint density at radius 2 is 1.93 bits per heavy atom. The number of esters is 1. The normalized spacial score (nSPS) is 33.2. The van der Waals surface area contributed by atoms with Crippen LogP contribution in [0.1, 0.15) is 17.7 Å². The van der Waals surface area contributed by atoms with Crippen LogP contribution in [0, 0.1) is 11.8 Å². The van der Waals surface area contributed by atoms with Gasteiger partial charge in [0.1, 0.15) is 24.4 Å². The second-order valence-corrected chi connectivity index (χ2v) is 10.2. The van der Waals surface area contributed by atoms with E-state index in [0.717, 1.165) is 22.7 Å². The molecule has 3 aliphatic heterocycles. The Balaban J connectivity index is 1.49. The fourth-order valence-electron chi connectivity index (χ4n) is 5.64. The molecule has 0 saturated carbocycles. The first-order valence-electron chi connectivity index (χ1n) is 13.1. The summed E-state index contributed by atoms with van der Waals surface area (Å²) < 4.78 is 22.0. The van der Waals surface area contributed by atoms with Crippen molar-refractivity contribution in [1.29, 1.82) is 0 Å². The van der Waals surface area contributed by atoms with E-state index in [1.54, 1.807) is 0 Å². The molecule has 13 heteroatoms. The lowest BCUT2D eigenvalue weighted by Gasteiger charge is -2.43. The number of aliphatic hydroxyl groups is 4. The number of H-pyrrole nitrogens is 1. The number of aliphatic carboxylic acids is 1. The summed E-state index contributed by atoms with van der Waals surface area (Å²) in [5.41, 5.74) is 2.83. The van der Waals surface area contributed by atoms with E-state index in [2.05, 4.69) is 16.6 Å². The summed E-state index contributed by atoms with van der Waals surface area (Å²) in [7, 11) is 1.22. The number of hydrogen-bond donors (Lipinski definition) is 6. The zero-order valence-corrected chi connectivity index (χ0v) is 22.1. The minimum Gasteiger partial charge on any atom is -0.480 e. The van der Waals surface area contributed by atoms with Crippen LogP contribution in [0.15, 0.2) is 53.7 Å². The van der Waals surface area contributed by atoms with Crippen molar-refractivity contribution in [2.24, 2.45) is 16.8 Å². The van der Waals surface area contributed by atoms with Gasteiger partial charge in [-0.2, -0.15) is 0 Å². The molecule has 4 heterocycles. The van der Waals surface area contributed by atoms with E-state index < -0.39 is 73.4 Å². The van der Waals surface area contributed by atoms with Crippen molar-refractivity contribution in [3.8, 4) is 0 Å². The molecule has 1 aromatic heterocycles. The maximum absolute atomic E-state index is 12.8. The molecule has 2 aromatic rings. The molecular formula is C28H32N2O11. The van der Waals surface area contributed by atoms with Gasteiger partial charge >= 0.3 is 11.9 Å². The van der Waals surface area contributed by atoms with E-state index in [1.807, 2.05) is 24.3 Å². The number of carbonyl (C=O) groups excluding carboxylic acids is 1. The molecule has 0 spiro atoms. The first kappa shape index (κ1) is 28.9. The molecule has 13 nitrogen and oxygen atoms in total. The number of ether oxygens (including phenoxy) is 4. The Hall–Kier alpha value is -3.59. The summed E-state index contributed by atoms with van der Waals surface area (Å²) in [4.78, 5) is 32.7. The van der Waals surface area contributed by atoms with Crippen molar-refractivity contribution in [3.63, 3.8) is 0 Å². The van der Waals surface area contributed by atoms with Gasteiger partial charge < -0.3 is 49.5 Å². The molecule has 220 valence electrons. The van der Waals surface area contributed by atoms with Gasteiger partial charge in [-0.05, 0) is 18.1 Å². The Bertz CT molecular complexity index is 1380. The second-order valence-electron chi connectivity index (χ2n) is 10.2. The summed E-state index contributed by atoms with van der Waals surface area (Å²) in [6.45, 7) is 3.23. The highest BCUT2D eigenvalue weighted by Crippen LogP contribution is 2.39. The minimum atomic E-state index is -1.68. The van der Waals surface area contributed by atoms with E-state index in [1.165, 1.54) is 13.2 Å². The van der Waals surface area contributed by atoms with Crippen LogP contribution in [-0.2, 0) is 35.0 Å². The summed E-state index contributed by atoms with van der Waals surface area (Å²) in [6.07, 6.45) is -5.92. The smallest absolute Gasteiger partial charge is 0.337 e. The highest BCUT2D eigenvalue weighted by atomic mass is 16.8. The number of nitrogens with one attached hydrogen (secondary N) is 1. The highest BCUT2D eigenvalue weighted by molar-refractivity contribution is 6.08. The number of para-hydroxylation sites is 1. The van der Waals surface area contributed by atoms with Crippen LogP contribution < -0.4 is 0 Å². The molecule has 6 N–H and O–H groups in total. The summed E-state index contributed by atoms with van der Waals surface area (Å²) in [6, 6.07) is 6.47. The molecular weight excluding hydrogens is 540 g/mol. The standard InChI is InChI=1S/C28H32N2O11/c1-3-12-14(8-18-21-15(9-19(29-18)25(35)36)13-6-4-5-7-17(13)30-21)16(26(37)38-2)11-39-27(12)41-28-24(34)23(33)22(32)20(10-31)40-28/h3-7,11-12,14,19-20,22-24,27-28,30-34H,1,8-10H2,2H3,(H,35,36)/t12-,14+,19+,20-,22-,23+,24-,27+,28+/m1/s1. The Morgan fingerprint density at radius 1 is 1.17 bits per heavy atom. The molecule has 0 aliphatic carbocycles. The number of carboxylic acid groups (broad SMARTS) is 1. The molecule has 1 aromatic carbocycles. The van der Waals surface area contributed by atoms with Gasteiger partial charge in [-0.25, -0.2) is 9.59 Å². The first-order valence-corrected chi connectivity index (χ1v) is 13.1. The fourth-order valence-corrected chi connectivity index (χ4v) is 5.64. The third-order valence-corrected chi connectivity index (χ3v) is 7.83. The van der Waals surface area contributed by atoms with Crippen LogP contribution in [0.3, 0.4) is 0 Å². The molecule has 0 bridgehead atoms. The number of aromatic amines is 1. The maximum atomic E-state index is 12.8. The molecule has 5 rings (SSSR count). The predicted octanol–water partition coefficient (Wildman–Crippen LogP) is 0.00450. The summed E-state index contributed by atoms with van der Waals surface area (Å²) in [5, 5.41) is 51.0. The number of aliphatic hydroxyl groups excluding tert-OH is 4. The van der Waals surface area contributed by atoms with E-state index in [0.29, 0.717) is 11.4 Å². The number of aromatic nitrogens is 1. The SMILES string of the molecule is C=C[C@H]1[C@H](O[C@@H]2O[C@H](CO)[C@@H](O)[C@H](O)[C@H]2O)OC=C(C(=O)OC)[C@H]1CC1=N[C@H](C(=O)O)Cc2c1[nH]c1ccccc21. The summed E-state index contributed by atoms with van der Waals surface area (Å²) in [5.74, 6) is -3.27. The Kier molecular flexibility index (Phi) is 8.27. The van der Waals surface area contributed by atoms with Gasteiger partial charge in [0.15, 0.2) is 12.3 Å². The molecule has 1 fully saturated rings. The lowest BCUT2D eigenvalue weighted by Crippen LogP contribution is -2.60. The van der Waals surface area contributed by atoms with Crippen LogP contribution in [0.2, 0.25) is 0 Å². The Morgan fingerprint density at radius 3 is 2.61 bits per heavy atom. The van der Waals surface area contributed by atoms with Crippen molar-refractivity contribution in [2.75, 3.05) is 13.7 Å². The van der Waals surface area contributed by atoms with Gasteiger partial charge in [0.25, 0.3) is 0 Å². The predicted molar refractivity (Wildman–Crippen MR) is 142 cm³/mol. The van der Waals surface area contributed by atoms with Crippen LogP contribution in [0.5, 0.6) is 0 Å². The monoisotopic (exact) mass is 572 g/mol. The van der Waals surface area contributed by atoms with Gasteiger partial charge in [0.05, 0.1) is 37.0 Å². The van der Waals surface area contributed by atoms with Crippen LogP contribution >= 0.6 is 0 Å².